The van der Waals surface area contributed by atoms with E-state index in [4.69, 9.17) is 19.9 Å². The third-order valence-corrected chi connectivity index (χ3v) is 6.52. The molecule has 8 nitrogen and oxygen atoms in total. The van der Waals surface area contributed by atoms with Gasteiger partial charge in [0.25, 0.3) is 5.91 Å². The summed E-state index contributed by atoms with van der Waals surface area (Å²) in [5.41, 5.74) is 7.88. The molecule has 4 N–H and O–H groups in total. The number of fused-ring (bicyclic) bond motifs is 2. The minimum atomic E-state index is -0.837. The fourth-order valence-corrected chi connectivity index (χ4v) is 4.70. The molecular weight excluding hydrogens is 472 g/mol. The fraction of sp³-hybridized carbons (Fsp3) is 0.231. The predicted octanol–water partition coefficient (Wildman–Crippen LogP) is 3.18. The zero-order valence-electron chi connectivity index (χ0n) is 18.8. The number of benzene rings is 2. The molecule has 2 aromatic heterocycles. The molecule has 2 aliphatic rings. The Morgan fingerprint density at radius 3 is 2.44 bits per heavy atom. The third kappa shape index (κ3) is 3.89. The van der Waals surface area contributed by atoms with E-state index < -0.39 is 35.9 Å². The first kappa shape index (κ1) is 22.6. The number of aliphatic hydroxyl groups is 1. The number of nitrogens with one attached hydrogen (secondary N) is 1. The zero-order valence-corrected chi connectivity index (χ0v) is 18.8. The quantitative estimate of drug-likeness (QED) is 0.393. The van der Waals surface area contributed by atoms with Crippen LogP contribution in [-0.2, 0) is 9.47 Å². The first-order valence-electron chi connectivity index (χ1n) is 11.3. The van der Waals surface area contributed by atoms with Crippen molar-refractivity contribution in [2.45, 2.75) is 24.4 Å². The molecule has 4 aromatic rings. The van der Waals surface area contributed by atoms with Gasteiger partial charge >= 0.3 is 0 Å². The molecule has 10 heteroatoms. The van der Waals surface area contributed by atoms with E-state index in [-0.39, 0.29) is 30.6 Å². The lowest BCUT2D eigenvalue weighted by molar-refractivity contribution is 0.00794. The number of hydrogen-bond acceptors (Lipinski definition) is 6. The van der Waals surface area contributed by atoms with Crippen LogP contribution in [0.2, 0.25) is 0 Å². The van der Waals surface area contributed by atoms with Crippen LogP contribution in [0.25, 0.3) is 33.4 Å². The molecule has 0 aliphatic carbocycles. The standard InChI is InChI=1S/C26H21F2N3O5/c27-16-7-14(5-6-15(16)26(29)33)12-1-3-13(4-2-12)23-17(28)8-18-19(31-23)9-22(30-18)36-21-11-35-24-20(32)10-34-25(21)24/h1-9,20-21,24-25,30,32H,10-11H2,(H2,29,33)/t20-,21-,24-,25-/m1/s1. The lowest BCUT2D eigenvalue weighted by atomic mass is 10.0. The van der Waals surface area contributed by atoms with Crippen LogP contribution in [0.3, 0.4) is 0 Å². The van der Waals surface area contributed by atoms with Crippen LogP contribution in [0, 0.1) is 11.6 Å². The fourth-order valence-electron chi connectivity index (χ4n) is 4.70. The van der Waals surface area contributed by atoms with Crippen molar-refractivity contribution in [3.63, 3.8) is 0 Å². The van der Waals surface area contributed by atoms with Gasteiger partial charge in [-0.1, -0.05) is 30.3 Å². The zero-order chi connectivity index (χ0) is 25.0. The summed E-state index contributed by atoms with van der Waals surface area (Å²) in [5.74, 6) is -1.67. The maximum atomic E-state index is 15.0. The number of carbonyl (C=O) groups is 1. The number of primary amides is 1. The second-order valence-corrected chi connectivity index (χ2v) is 8.84. The number of aliphatic hydroxyl groups excluding tert-OH is 1. The molecule has 4 heterocycles. The summed E-state index contributed by atoms with van der Waals surface area (Å²) >= 11 is 0. The molecule has 0 bridgehead atoms. The van der Waals surface area contributed by atoms with Crippen LogP contribution >= 0.6 is 0 Å². The van der Waals surface area contributed by atoms with Crippen LogP contribution in [0.1, 0.15) is 10.4 Å². The normalized spacial score (nSPS) is 23.2. The monoisotopic (exact) mass is 493 g/mol. The summed E-state index contributed by atoms with van der Waals surface area (Å²) in [7, 11) is 0. The summed E-state index contributed by atoms with van der Waals surface area (Å²) in [5, 5.41) is 9.89. The van der Waals surface area contributed by atoms with E-state index in [0.29, 0.717) is 33.6 Å². The number of halogens is 2. The van der Waals surface area contributed by atoms with Crippen molar-refractivity contribution < 1.29 is 32.9 Å². The Morgan fingerprint density at radius 1 is 0.972 bits per heavy atom. The van der Waals surface area contributed by atoms with Crippen molar-refractivity contribution >= 4 is 16.9 Å². The number of pyridine rings is 1. The Kier molecular flexibility index (Phi) is 5.44. The average Bonchev–Trinajstić information content (AvgIpc) is 3.55. The molecule has 184 valence electrons. The maximum absolute atomic E-state index is 15.0. The first-order valence-corrected chi connectivity index (χ1v) is 11.3. The van der Waals surface area contributed by atoms with E-state index in [1.165, 1.54) is 18.2 Å². The van der Waals surface area contributed by atoms with Crippen molar-refractivity contribution in [2.24, 2.45) is 5.73 Å². The van der Waals surface area contributed by atoms with Crippen molar-refractivity contribution in [1.82, 2.24) is 9.97 Å². The number of carbonyl (C=O) groups excluding carboxylic acids is 1. The van der Waals surface area contributed by atoms with Gasteiger partial charge in [0.05, 0.1) is 29.8 Å². The van der Waals surface area contributed by atoms with E-state index >= 15 is 0 Å². The molecule has 2 fully saturated rings. The van der Waals surface area contributed by atoms with Gasteiger partial charge in [-0.25, -0.2) is 13.8 Å². The molecule has 4 atom stereocenters. The number of nitrogens with two attached hydrogens (primary N) is 1. The first-order chi connectivity index (χ1) is 17.4. The van der Waals surface area contributed by atoms with E-state index in [0.717, 1.165) is 0 Å². The van der Waals surface area contributed by atoms with Crippen LogP contribution in [0.4, 0.5) is 8.78 Å². The van der Waals surface area contributed by atoms with Crippen molar-refractivity contribution in [3.05, 3.63) is 71.8 Å². The molecule has 1 amide bonds. The Hall–Kier alpha value is -3.86. The Bertz CT molecular complexity index is 1470. The van der Waals surface area contributed by atoms with E-state index in [1.807, 2.05) is 0 Å². The summed E-state index contributed by atoms with van der Waals surface area (Å²) in [6, 6.07) is 14.0. The second-order valence-electron chi connectivity index (χ2n) is 8.84. The summed E-state index contributed by atoms with van der Waals surface area (Å²) in [6.45, 7) is 0.473. The molecule has 2 aliphatic heterocycles. The van der Waals surface area contributed by atoms with E-state index in [1.54, 1.807) is 36.4 Å². The molecule has 0 radical (unpaired) electrons. The van der Waals surface area contributed by atoms with Gasteiger partial charge in [-0.3, -0.25) is 4.79 Å². The molecule has 0 spiro atoms. The number of rotatable bonds is 5. The third-order valence-electron chi connectivity index (χ3n) is 6.52. The molecule has 0 unspecified atom stereocenters. The number of hydrogen-bond donors (Lipinski definition) is 3. The largest absolute Gasteiger partial charge is 0.470 e. The average molecular weight is 493 g/mol. The Morgan fingerprint density at radius 2 is 1.69 bits per heavy atom. The van der Waals surface area contributed by atoms with Crippen molar-refractivity contribution in [2.75, 3.05) is 13.2 Å². The van der Waals surface area contributed by atoms with Gasteiger partial charge in [-0.2, -0.15) is 0 Å². The van der Waals surface area contributed by atoms with Gasteiger partial charge in [0.2, 0.25) is 0 Å². The molecule has 2 aromatic carbocycles. The summed E-state index contributed by atoms with van der Waals surface area (Å²) in [6.07, 6.45) is -1.86. The number of amides is 1. The highest BCUT2D eigenvalue weighted by atomic mass is 19.1. The van der Waals surface area contributed by atoms with Gasteiger partial charge in [0.15, 0.2) is 17.8 Å². The number of aromatic amines is 1. The highest BCUT2D eigenvalue weighted by Gasteiger charge is 2.48. The van der Waals surface area contributed by atoms with Crippen LogP contribution < -0.4 is 10.5 Å². The van der Waals surface area contributed by atoms with E-state index in [2.05, 4.69) is 9.97 Å². The number of H-pyrrole nitrogens is 1. The number of nitrogens with zero attached hydrogens (tertiary/aromatic N) is 1. The van der Waals surface area contributed by atoms with Gasteiger partial charge < -0.3 is 30.0 Å². The minimum Gasteiger partial charge on any atom is -0.470 e. The highest BCUT2D eigenvalue weighted by Crippen LogP contribution is 2.32. The van der Waals surface area contributed by atoms with Crippen LogP contribution in [0.15, 0.2) is 54.6 Å². The summed E-state index contributed by atoms with van der Waals surface area (Å²) < 4.78 is 46.2. The number of ether oxygens (including phenoxy) is 3. The van der Waals surface area contributed by atoms with Crippen LogP contribution in [-0.4, -0.2) is 58.6 Å². The molecular formula is C26H21F2N3O5. The van der Waals surface area contributed by atoms with E-state index in [9.17, 15) is 18.7 Å². The van der Waals surface area contributed by atoms with Crippen LogP contribution in [0.5, 0.6) is 5.88 Å². The molecule has 2 saturated heterocycles. The smallest absolute Gasteiger partial charge is 0.251 e. The molecule has 6 rings (SSSR count). The summed E-state index contributed by atoms with van der Waals surface area (Å²) in [4.78, 5) is 18.7. The Labute approximate surface area is 203 Å². The maximum Gasteiger partial charge on any atom is 0.251 e. The van der Waals surface area contributed by atoms with Gasteiger partial charge in [0, 0.05) is 17.7 Å². The number of aromatic nitrogens is 2. The molecule has 0 saturated carbocycles. The molecule has 36 heavy (non-hydrogen) atoms. The van der Waals surface area contributed by atoms with Gasteiger partial charge in [0.1, 0.15) is 29.8 Å². The topological polar surface area (TPSA) is 120 Å². The predicted molar refractivity (Wildman–Crippen MR) is 125 cm³/mol. The van der Waals surface area contributed by atoms with Crippen molar-refractivity contribution in [3.8, 4) is 28.3 Å². The SMILES string of the molecule is NC(=O)c1ccc(-c2ccc(-c3nc4cc(O[C@@H]5CO[C@H]6[C@@H]5OC[C@H]6O)[nH]c4cc3F)cc2)cc1F. The minimum absolute atomic E-state index is 0.154. The highest BCUT2D eigenvalue weighted by molar-refractivity contribution is 5.93. The van der Waals surface area contributed by atoms with Gasteiger partial charge in [-0.15, -0.1) is 0 Å². The van der Waals surface area contributed by atoms with Crippen molar-refractivity contribution in [1.29, 1.82) is 0 Å². The second kappa shape index (κ2) is 8.66. The lowest BCUT2D eigenvalue weighted by Gasteiger charge is -2.16. The Balaban J connectivity index is 1.24. The lowest BCUT2D eigenvalue weighted by Crippen LogP contribution is -2.34. The van der Waals surface area contributed by atoms with Gasteiger partial charge in [-0.05, 0) is 23.3 Å².